The Morgan fingerprint density at radius 3 is 2.20 bits per heavy atom. The van der Waals surface area contributed by atoms with Crippen LogP contribution in [0.1, 0.15) is 28.4 Å². The molecule has 25 heavy (non-hydrogen) atoms. The summed E-state index contributed by atoms with van der Waals surface area (Å²) in [7, 11) is 4.95. The molecule has 0 heterocycles. The molecular weight excluding hydrogens is 318 g/mol. The lowest BCUT2D eigenvalue weighted by Crippen LogP contribution is -2.34. The molecular formula is C20H25NO4. The normalized spacial score (nSPS) is 13.1. The van der Waals surface area contributed by atoms with Crippen LogP contribution in [-0.2, 0) is 9.47 Å². The smallest absolute Gasteiger partial charge is 0.251 e. The molecule has 2 rings (SSSR count). The number of hydrogen-bond acceptors (Lipinski definition) is 4. The highest BCUT2D eigenvalue weighted by Crippen LogP contribution is 2.25. The molecule has 0 radical (unpaired) electrons. The third-order valence-electron chi connectivity index (χ3n) is 4.11. The van der Waals surface area contributed by atoms with E-state index in [4.69, 9.17) is 14.2 Å². The maximum absolute atomic E-state index is 12.1. The Labute approximate surface area is 148 Å². The number of ether oxygens (including phenoxy) is 3. The van der Waals surface area contributed by atoms with E-state index in [0.717, 1.165) is 11.3 Å². The molecule has 0 aromatic heterocycles. The summed E-state index contributed by atoms with van der Waals surface area (Å²) >= 11 is 0. The third-order valence-corrected chi connectivity index (χ3v) is 4.11. The van der Waals surface area contributed by atoms with Crippen LogP contribution in [0, 0.1) is 0 Å². The highest BCUT2D eigenvalue weighted by Gasteiger charge is 2.19. The zero-order chi connectivity index (χ0) is 18.1. The minimum atomic E-state index is -0.153. The van der Waals surface area contributed by atoms with Gasteiger partial charge in [-0.15, -0.1) is 0 Å². The van der Waals surface area contributed by atoms with E-state index >= 15 is 0 Å². The Morgan fingerprint density at radius 2 is 1.64 bits per heavy atom. The fourth-order valence-electron chi connectivity index (χ4n) is 2.59. The molecule has 5 heteroatoms. The summed E-state index contributed by atoms with van der Waals surface area (Å²) in [6.45, 7) is 0.417. The average molecular weight is 343 g/mol. The van der Waals surface area contributed by atoms with Gasteiger partial charge in [-0.25, -0.2) is 0 Å². The maximum atomic E-state index is 12.1. The first-order chi connectivity index (χ1) is 12.2. The van der Waals surface area contributed by atoms with E-state index in [1.165, 1.54) is 0 Å². The van der Waals surface area contributed by atoms with Gasteiger partial charge in [0.2, 0.25) is 0 Å². The summed E-state index contributed by atoms with van der Waals surface area (Å²) in [4.78, 5) is 12.1. The summed E-state index contributed by atoms with van der Waals surface area (Å²) in [6, 6.07) is 16.9. The molecule has 2 aromatic rings. The minimum absolute atomic E-state index is 0.110. The summed E-state index contributed by atoms with van der Waals surface area (Å²) in [5.74, 6) is 0.693. The quantitative estimate of drug-likeness (QED) is 0.759. The van der Waals surface area contributed by atoms with Crippen molar-refractivity contribution < 1.29 is 19.0 Å². The van der Waals surface area contributed by atoms with Gasteiger partial charge in [0.05, 0.1) is 19.3 Å². The SMILES string of the molecule is COc1ccc(C(CC(CNC(=O)c2ccccc2)OC)OC)cc1. The highest BCUT2D eigenvalue weighted by atomic mass is 16.5. The van der Waals surface area contributed by atoms with Crippen molar-refractivity contribution in [3.05, 3.63) is 65.7 Å². The van der Waals surface area contributed by atoms with Crippen molar-refractivity contribution in [2.24, 2.45) is 0 Å². The molecule has 0 spiro atoms. The molecule has 2 aromatic carbocycles. The molecule has 0 aliphatic carbocycles. The van der Waals surface area contributed by atoms with Gasteiger partial charge in [0.15, 0.2) is 0 Å². The molecule has 1 amide bonds. The fraction of sp³-hybridized carbons (Fsp3) is 0.350. The number of benzene rings is 2. The zero-order valence-electron chi connectivity index (χ0n) is 14.9. The topological polar surface area (TPSA) is 56.8 Å². The van der Waals surface area contributed by atoms with Gasteiger partial charge in [-0.1, -0.05) is 30.3 Å². The third kappa shape index (κ3) is 5.59. The van der Waals surface area contributed by atoms with E-state index in [1.54, 1.807) is 33.5 Å². The lowest BCUT2D eigenvalue weighted by atomic mass is 10.0. The van der Waals surface area contributed by atoms with Crippen LogP contribution < -0.4 is 10.1 Å². The van der Waals surface area contributed by atoms with Crippen LogP contribution in [0.15, 0.2) is 54.6 Å². The summed E-state index contributed by atoms with van der Waals surface area (Å²) in [6.07, 6.45) is 0.359. The van der Waals surface area contributed by atoms with Crippen molar-refractivity contribution >= 4 is 5.91 Å². The number of rotatable bonds is 9. The fourth-order valence-corrected chi connectivity index (χ4v) is 2.59. The minimum Gasteiger partial charge on any atom is -0.497 e. The molecule has 0 saturated carbocycles. The van der Waals surface area contributed by atoms with E-state index in [-0.39, 0.29) is 18.1 Å². The Hall–Kier alpha value is -2.37. The van der Waals surface area contributed by atoms with E-state index in [9.17, 15) is 4.79 Å². The second-order valence-corrected chi connectivity index (χ2v) is 5.67. The Kier molecular flexibility index (Phi) is 7.44. The van der Waals surface area contributed by atoms with Gasteiger partial charge in [-0.05, 0) is 29.8 Å². The molecule has 0 saturated heterocycles. The van der Waals surface area contributed by atoms with Crippen LogP contribution in [-0.4, -0.2) is 39.9 Å². The lowest BCUT2D eigenvalue weighted by molar-refractivity contribution is 0.0218. The predicted molar refractivity (Wildman–Crippen MR) is 96.9 cm³/mol. The zero-order valence-corrected chi connectivity index (χ0v) is 14.9. The van der Waals surface area contributed by atoms with Crippen molar-refractivity contribution in [3.8, 4) is 5.75 Å². The van der Waals surface area contributed by atoms with Crippen LogP contribution >= 0.6 is 0 Å². The molecule has 0 aliphatic heterocycles. The van der Waals surface area contributed by atoms with Gasteiger partial charge >= 0.3 is 0 Å². The van der Waals surface area contributed by atoms with E-state index in [2.05, 4.69) is 5.32 Å². The Morgan fingerprint density at radius 1 is 0.960 bits per heavy atom. The lowest BCUT2D eigenvalue weighted by Gasteiger charge is -2.22. The standard InChI is InChI=1S/C20H25NO4/c1-23-17-11-9-15(10-12-17)19(25-3)13-18(24-2)14-21-20(22)16-7-5-4-6-8-16/h4-12,18-19H,13-14H2,1-3H3,(H,21,22). The maximum Gasteiger partial charge on any atom is 0.251 e. The number of carbonyl (C=O) groups excluding carboxylic acids is 1. The predicted octanol–water partition coefficient (Wildman–Crippen LogP) is 3.22. The first-order valence-electron chi connectivity index (χ1n) is 8.20. The number of carbonyl (C=O) groups is 1. The van der Waals surface area contributed by atoms with Crippen LogP contribution in [0.4, 0.5) is 0 Å². The van der Waals surface area contributed by atoms with Crippen LogP contribution in [0.3, 0.4) is 0 Å². The van der Waals surface area contributed by atoms with Crippen molar-refractivity contribution in [2.75, 3.05) is 27.9 Å². The molecule has 0 fully saturated rings. The Balaban J connectivity index is 1.93. The van der Waals surface area contributed by atoms with Crippen molar-refractivity contribution in [1.29, 1.82) is 0 Å². The molecule has 5 nitrogen and oxygen atoms in total. The summed E-state index contributed by atoms with van der Waals surface area (Å²) in [5, 5.41) is 2.91. The van der Waals surface area contributed by atoms with E-state index < -0.39 is 0 Å². The molecule has 134 valence electrons. The number of nitrogens with one attached hydrogen (secondary N) is 1. The number of methoxy groups -OCH3 is 3. The molecule has 0 aliphatic rings. The number of hydrogen-bond donors (Lipinski definition) is 1. The first-order valence-corrected chi connectivity index (χ1v) is 8.20. The molecule has 2 atom stereocenters. The van der Waals surface area contributed by atoms with E-state index in [1.807, 2.05) is 42.5 Å². The van der Waals surface area contributed by atoms with Crippen LogP contribution in [0.5, 0.6) is 5.75 Å². The molecule has 2 unspecified atom stereocenters. The van der Waals surface area contributed by atoms with E-state index in [0.29, 0.717) is 18.5 Å². The van der Waals surface area contributed by atoms with Gasteiger partial charge < -0.3 is 19.5 Å². The monoisotopic (exact) mass is 343 g/mol. The van der Waals surface area contributed by atoms with Gasteiger partial charge in [0.25, 0.3) is 5.91 Å². The average Bonchev–Trinajstić information content (AvgIpc) is 2.69. The van der Waals surface area contributed by atoms with Crippen molar-refractivity contribution in [1.82, 2.24) is 5.32 Å². The Bertz CT molecular complexity index is 643. The van der Waals surface area contributed by atoms with Gasteiger partial charge in [-0.3, -0.25) is 4.79 Å². The molecule has 0 bridgehead atoms. The highest BCUT2D eigenvalue weighted by molar-refractivity contribution is 5.94. The molecule has 1 N–H and O–H groups in total. The van der Waals surface area contributed by atoms with Crippen molar-refractivity contribution in [3.63, 3.8) is 0 Å². The van der Waals surface area contributed by atoms with Crippen molar-refractivity contribution in [2.45, 2.75) is 18.6 Å². The second-order valence-electron chi connectivity index (χ2n) is 5.67. The van der Waals surface area contributed by atoms with Crippen LogP contribution in [0.2, 0.25) is 0 Å². The van der Waals surface area contributed by atoms with Gasteiger partial charge in [0.1, 0.15) is 5.75 Å². The summed E-state index contributed by atoms with van der Waals surface area (Å²) < 4.78 is 16.3. The second kappa shape index (κ2) is 9.81. The largest absolute Gasteiger partial charge is 0.497 e. The van der Waals surface area contributed by atoms with Gasteiger partial charge in [-0.2, -0.15) is 0 Å². The first kappa shape index (κ1) is 19.0. The van der Waals surface area contributed by atoms with Crippen LogP contribution in [0.25, 0.3) is 0 Å². The number of amides is 1. The summed E-state index contributed by atoms with van der Waals surface area (Å²) in [5.41, 5.74) is 1.68. The van der Waals surface area contributed by atoms with Gasteiger partial charge in [0, 0.05) is 32.7 Å².